The maximum absolute atomic E-state index is 12.8. The summed E-state index contributed by atoms with van der Waals surface area (Å²) in [5.74, 6) is -0.622. The fourth-order valence-corrected chi connectivity index (χ4v) is 2.71. The Labute approximate surface area is 174 Å². The van der Waals surface area contributed by atoms with Crippen LogP contribution in [0.15, 0.2) is 24.3 Å². The lowest BCUT2D eigenvalue weighted by atomic mass is 10.0. The van der Waals surface area contributed by atoms with E-state index in [0.29, 0.717) is 6.54 Å². The molecule has 7 heteroatoms. The standard InChI is InChI=1S/C22H35N3O4/c1-7-8-9-14-23-20(27)19(17-12-10-16(2)11-13-17)25(6)18(26)15-24-21(28)29-22(3,4)5/h10-13,19H,7-9,14-15H2,1-6H3,(H,23,27)(H,24,28). The summed E-state index contributed by atoms with van der Waals surface area (Å²) in [7, 11) is 1.56. The van der Waals surface area contributed by atoms with Gasteiger partial charge in [-0.1, -0.05) is 49.6 Å². The second-order valence-electron chi connectivity index (χ2n) is 8.17. The summed E-state index contributed by atoms with van der Waals surface area (Å²) in [6.45, 7) is 9.61. The molecule has 0 spiro atoms. The lowest BCUT2D eigenvalue weighted by molar-refractivity contribution is -0.138. The van der Waals surface area contributed by atoms with Gasteiger partial charge < -0.3 is 20.3 Å². The van der Waals surface area contributed by atoms with Crippen LogP contribution in [0.25, 0.3) is 0 Å². The molecule has 0 saturated heterocycles. The number of carbonyl (C=O) groups is 3. The highest BCUT2D eigenvalue weighted by Gasteiger charge is 2.28. The summed E-state index contributed by atoms with van der Waals surface area (Å²) in [5, 5.41) is 5.37. The maximum Gasteiger partial charge on any atom is 0.408 e. The first-order valence-electron chi connectivity index (χ1n) is 10.1. The van der Waals surface area contributed by atoms with Crippen molar-refractivity contribution in [2.75, 3.05) is 20.1 Å². The normalized spacial score (nSPS) is 12.1. The summed E-state index contributed by atoms with van der Waals surface area (Å²) in [4.78, 5) is 38.7. The molecule has 1 atom stereocenters. The van der Waals surface area contributed by atoms with Crippen molar-refractivity contribution >= 4 is 17.9 Å². The van der Waals surface area contributed by atoms with Gasteiger partial charge in [0.1, 0.15) is 18.2 Å². The number of benzene rings is 1. The van der Waals surface area contributed by atoms with Crippen LogP contribution in [0.1, 0.15) is 64.1 Å². The van der Waals surface area contributed by atoms with Crippen molar-refractivity contribution in [1.82, 2.24) is 15.5 Å². The van der Waals surface area contributed by atoms with E-state index in [1.165, 1.54) is 4.90 Å². The number of ether oxygens (including phenoxy) is 1. The summed E-state index contributed by atoms with van der Waals surface area (Å²) < 4.78 is 5.15. The molecule has 162 valence electrons. The number of hydrogen-bond acceptors (Lipinski definition) is 4. The minimum absolute atomic E-state index is 0.238. The monoisotopic (exact) mass is 405 g/mol. The molecule has 29 heavy (non-hydrogen) atoms. The van der Waals surface area contributed by atoms with Crippen molar-refractivity contribution in [2.24, 2.45) is 0 Å². The van der Waals surface area contributed by atoms with E-state index in [1.54, 1.807) is 27.8 Å². The molecular weight excluding hydrogens is 370 g/mol. The van der Waals surface area contributed by atoms with Crippen molar-refractivity contribution in [2.45, 2.75) is 65.5 Å². The first-order valence-corrected chi connectivity index (χ1v) is 10.1. The summed E-state index contributed by atoms with van der Waals surface area (Å²) >= 11 is 0. The van der Waals surface area contributed by atoms with Crippen LogP contribution in [0.4, 0.5) is 4.79 Å². The van der Waals surface area contributed by atoms with Crippen LogP contribution in [0.2, 0.25) is 0 Å². The zero-order chi connectivity index (χ0) is 22.0. The van der Waals surface area contributed by atoms with Gasteiger partial charge in [0.2, 0.25) is 11.8 Å². The third-order valence-corrected chi connectivity index (χ3v) is 4.28. The van der Waals surface area contributed by atoms with E-state index in [-0.39, 0.29) is 18.4 Å². The first-order chi connectivity index (χ1) is 13.5. The Kier molecular flexibility index (Phi) is 9.65. The van der Waals surface area contributed by atoms with Crippen molar-refractivity contribution in [1.29, 1.82) is 0 Å². The van der Waals surface area contributed by atoms with Crippen molar-refractivity contribution in [3.8, 4) is 0 Å². The van der Waals surface area contributed by atoms with Crippen LogP contribution in [-0.4, -0.2) is 48.5 Å². The molecule has 0 radical (unpaired) electrons. The number of hydrogen-bond donors (Lipinski definition) is 2. The van der Waals surface area contributed by atoms with E-state index < -0.39 is 17.7 Å². The highest BCUT2D eigenvalue weighted by Crippen LogP contribution is 2.20. The van der Waals surface area contributed by atoms with Gasteiger partial charge in [0.25, 0.3) is 0 Å². The zero-order valence-electron chi connectivity index (χ0n) is 18.5. The molecule has 0 fully saturated rings. The van der Waals surface area contributed by atoms with Gasteiger partial charge in [-0.3, -0.25) is 9.59 Å². The molecule has 0 aliphatic rings. The van der Waals surface area contributed by atoms with Crippen molar-refractivity contribution < 1.29 is 19.1 Å². The second kappa shape index (κ2) is 11.4. The molecule has 0 heterocycles. The molecule has 1 aromatic rings. The maximum atomic E-state index is 12.8. The number of unbranched alkanes of at least 4 members (excludes halogenated alkanes) is 2. The number of nitrogens with zero attached hydrogens (tertiary/aromatic N) is 1. The number of carbonyl (C=O) groups excluding carboxylic acids is 3. The molecule has 1 aromatic carbocycles. The highest BCUT2D eigenvalue weighted by atomic mass is 16.6. The van der Waals surface area contributed by atoms with Crippen molar-refractivity contribution in [3.05, 3.63) is 35.4 Å². The van der Waals surface area contributed by atoms with Gasteiger partial charge in [-0.2, -0.15) is 0 Å². The molecule has 2 N–H and O–H groups in total. The van der Waals surface area contributed by atoms with Crippen LogP contribution >= 0.6 is 0 Å². The predicted octanol–water partition coefficient (Wildman–Crippen LogP) is 3.33. The Bertz CT molecular complexity index is 680. The number of rotatable bonds is 9. The fourth-order valence-electron chi connectivity index (χ4n) is 2.71. The highest BCUT2D eigenvalue weighted by molar-refractivity contribution is 5.90. The Morgan fingerprint density at radius 1 is 1.07 bits per heavy atom. The van der Waals surface area contributed by atoms with Gasteiger partial charge in [0, 0.05) is 13.6 Å². The largest absolute Gasteiger partial charge is 0.444 e. The summed E-state index contributed by atoms with van der Waals surface area (Å²) in [6, 6.07) is 6.73. The minimum atomic E-state index is -0.773. The van der Waals surface area contributed by atoms with Crippen LogP contribution < -0.4 is 10.6 Å². The molecule has 0 saturated carbocycles. The summed E-state index contributed by atoms with van der Waals surface area (Å²) in [6.07, 6.45) is 2.31. The quantitative estimate of drug-likeness (QED) is 0.617. The smallest absolute Gasteiger partial charge is 0.408 e. The SMILES string of the molecule is CCCCCNC(=O)C(c1ccc(C)cc1)N(C)C(=O)CNC(=O)OC(C)(C)C. The second-order valence-corrected chi connectivity index (χ2v) is 8.17. The van der Waals surface area contributed by atoms with E-state index in [1.807, 2.05) is 31.2 Å². The van der Waals surface area contributed by atoms with Crippen LogP contribution in [-0.2, 0) is 14.3 Å². The minimum Gasteiger partial charge on any atom is -0.444 e. The molecule has 0 aliphatic carbocycles. The molecule has 3 amide bonds. The molecule has 1 unspecified atom stereocenters. The number of amides is 3. The van der Waals surface area contributed by atoms with E-state index in [0.717, 1.165) is 30.4 Å². The van der Waals surface area contributed by atoms with Crippen LogP contribution in [0, 0.1) is 6.92 Å². The van der Waals surface area contributed by atoms with Gasteiger partial charge >= 0.3 is 6.09 Å². The molecular formula is C22H35N3O4. The lowest BCUT2D eigenvalue weighted by Gasteiger charge is -2.28. The van der Waals surface area contributed by atoms with Gasteiger partial charge in [-0.05, 0) is 39.7 Å². The number of nitrogens with one attached hydrogen (secondary N) is 2. The average Bonchev–Trinajstić information content (AvgIpc) is 2.63. The van der Waals surface area contributed by atoms with E-state index >= 15 is 0 Å². The Morgan fingerprint density at radius 2 is 1.69 bits per heavy atom. The molecule has 1 rings (SSSR count). The van der Waals surface area contributed by atoms with Gasteiger partial charge in [0.05, 0.1) is 0 Å². The number of likely N-dealkylation sites (N-methyl/N-ethyl adjacent to an activating group) is 1. The molecule has 7 nitrogen and oxygen atoms in total. The Morgan fingerprint density at radius 3 is 2.24 bits per heavy atom. The first kappa shape index (κ1) is 24.5. The van der Waals surface area contributed by atoms with Gasteiger partial charge in [-0.25, -0.2) is 4.79 Å². The average molecular weight is 406 g/mol. The van der Waals surface area contributed by atoms with Crippen molar-refractivity contribution in [3.63, 3.8) is 0 Å². The Hall–Kier alpha value is -2.57. The van der Waals surface area contributed by atoms with E-state index in [4.69, 9.17) is 4.74 Å². The number of alkyl carbamates (subject to hydrolysis) is 1. The fraction of sp³-hybridized carbons (Fsp3) is 0.591. The zero-order valence-corrected chi connectivity index (χ0v) is 18.5. The summed E-state index contributed by atoms with van der Waals surface area (Å²) in [5.41, 5.74) is 1.13. The van der Waals surface area contributed by atoms with Crippen LogP contribution in [0.5, 0.6) is 0 Å². The predicted molar refractivity (Wildman–Crippen MR) is 113 cm³/mol. The molecule has 0 aromatic heterocycles. The topological polar surface area (TPSA) is 87.7 Å². The molecule has 0 bridgehead atoms. The Balaban J connectivity index is 2.84. The van der Waals surface area contributed by atoms with Gasteiger partial charge in [-0.15, -0.1) is 0 Å². The lowest BCUT2D eigenvalue weighted by Crippen LogP contribution is -2.46. The molecule has 0 aliphatic heterocycles. The van der Waals surface area contributed by atoms with E-state index in [2.05, 4.69) is 17.6 Å². The van der Waals surface area contributed by atoms with Gasteiger partial charge in [0.15, 0.2) is 0 Å². The van der Waals surface area contributed by atoms with Crippen LogP contribution in [0.3, 0.4) is 0 Å². The third kappa shape index (κ3) is 8.98. The van der Waals surface area contributed by atoms with E-state index in [9.17, 15) is 14.4 Å². The number of aryl methyl sites for hydroxylation is 1. The third-order valence-electron chi connectivity index (χ3n) is 4.28.